The Kier molecular flexibility index (Phi) is 4.81. The van der Waals surface area contributed by atoms with Gasteiger partial charge in [-0.15, -0.1) is 0 Å². The molecule has 1 aromatic carbocycles. The minimum absolute atomic E-state index is 0.0186. The van der Waals surface area contributed by atoms with Crippen molar-refractivity contribution in [2.24, 2.45) is 0 Å². The standard InChI is InChI=1S/C15H20ClN3/c1-12-3-4-14(15(16)9-12)11-18-5-7-19(8-6-18)13(2)10-17/h3-4,9,13H,5-8,11H2,1-2H3. The Balaban J connectivity index is 1.91. The summed E-state index contributed by atoms with van der Waals surface area (Å²) in [5.41, 5.74) is 2.38. The molecule has 0 aliphatic carbocycles. The fourth-order valence-corrected chi connectivity index (χ4v) is 2.71. The zero-order valence-corrected chi connectivity index (χ0v) is 12.3. The summed E-state index contributed by atoms with van der Waals surface area (Å²) in [6.45, 7) is 8.82. The Morgan fingerprint density at radius 3 is 2.58 bits per heavy atom. The molecule has 1 saturated heterocycles. The minimum Gasteiger partial charge on any atom is -0.296 e. The van der Waals surface area contributed by atoms with Gasteiger partial charge < -0.3 is 0 Å². The van der Waals surface area contributed by atoms with E-state index in [4.69, 9.17) is 16.9 Å². The molecule has 1 heterocycles. The third-order valence-electron chi connectivity index (χ3n) is 3.74. The summed E-state index contributed by atoms with van der Waals surface area (Å²) in [5.74, 6) is 0. The first-order chi connectivity index (χ1) is 9.10. The highest BCUT2D eigenvalue weighted by Crippen LogP contribution is 2.20. The van der Waals surface area contributed by atoms with E-state index in [2.05, 4.69) is 34.9 Å². The molecule has 2 rings (SSSR count). The lowest BCUT2D eigenvalue weighted by atomic mass is 10.1. The number of hydrogen-bond acceptors (Lipinski definition) is 3. The van der Waals surface area contributed by atoms with Crippen molar-refractivity contribution >= 4 is 11.6 Å². The Labute approximate surface area is 120 Å². The highest BCUT2D eigenvalue weighted by Gasteiger charge is 2.21. The van der Waals surface area contributed by atoms with E-state index in [1.165, 1.54) is 11.1 Å². The second-order valence-electron chi connectivity index (χ2n) is 5.21. The average Bonchev–Trinajstić information content (AvgIpc) is 2.42. The van der Waals surface area contributed by atoms with Crippen molar-refractivity contribution in [3.8, 4) is 6.07 Å². The maximum atomic E-state index is 8.93. The summed E-state index contributed by atoms with van der Waals surface area (Å²) in [6.07, 6.45) is 0. The summed E-state index contributed by atoms with van der Waals surface area (Å²) in [6, 6.07) is 8.56. The molecule has 0 bridgehead atoms. The van der Waals surface area contributed by atoms with Crippen molar-refractivity contribution in [1.29, 1.82) is 5.26 Å². The van der Waals surface area contributed by atoms with E-state index < -0.39 is 0 Å². The molecule has 1 aliphatic rings. The number of halogens is 1. The Bertz CT molecular complexity index is 473. The molecule has 4 heteroatoms. The van der Waals surface area contributed by atoms with Crippen LogP contribution in [0.15, 0.2) is 18.2 Å². The predicted octanol–water partition coefficient (Wildman–Crippen LogP) is 2.68. The fraction of sp³-hybridized carbons (Fsp3) is 0.533. The van der Waals surface area contributed by atoms with Gasteiger partial charge >= 0.3 is 0 Å². The van der Waals surface area contributed by atoms with Gasteiger partial charge in [0.05, 0.1) is 12.1 Å². The quantitative estimate of drug-likeness (QED) is 0.851. The monoisotopic (exact) mass is 277 g/mol. The highest BCUT2D eigenvalue weighted by molar-refractivity contribution is 6.31. The van der Waals surface area contributed by atoms with Gasteiger partial charge in [0.1, 0.15) is 0 Å². The van der Waals surface area contributed by atoms with Crippen molar-refractivity contribution in [1.82, 2.24) is 9.80 Å². The van der Waals surface area contributed by atoms with E-state index in [0.717, 1.165) is 37.7 Å². The van der Waals surface area contributed by atoms with E-state index in [9.17, 15) is 0 Å². The van der Waals surface area contributed by atoms with E-state index >= 15 is 0 Å². The molecular weight excluding hydrogens is 258 g/mol. The largest absolute Gasteiger partial charge is 0.296 e. The van der Waals surface area contributed by atoms with E-state index in [0.29, 0.717) is 0 Å². The van der Waals surface area contributed by atoms with E-state index in [-0.39, 0.29) is 6.04 Å². The number of benzene rings is 1. The summed E-state index contributed by atoms with van der Waals surface area (Å²) in [5, 5.41) is 9.78. The summed E-state index contributed by atoms with van der Waals surface area (Å²) in [4.78, 5) is 4.63. The van der Waals surface area contributed by atoms with Gasteiger partial charge in [-0.2, -0.15) is 5.26 Å². The zero-order valence-electron chi connectivity index (χ0n) is 11.6. The van der Waals surface area contributed by atoms with Crippen LogP contribution in [0.1, 0.15) is 18.1 Å². The molecular formula is C15H20ClN3. The molecule has 1 atom stereocenters. The molecule has 1 aliphatic heterocycles. The van der Waals surface area contributed by atoms with Crippen molar-refractivity contribution in [2.75, 3.05) is 26.2 Å². The van der Waals surface area contributed by atoms with Crippen LogP contribution in [0.2, 0.25) is 5.02 Å². The lowest BCUT2D eigenvalue weighted by Gasteiger charge is -2.36. The third-order valence-corrected chi connectivity index (χ3v) is 4.10. The fourth-order valence-electron chi connectivity index (χ4n) is 2.41. The van der Waals surface area contributed by atoms with Crippen LogP contribution in [-0.2, 0) is 6.54 Å². The smallest absolute Gasteiger partial charge is 0.0950 e. The summed E-state index contributed by atoms with van der Waals surface area (Å²) >= 11 is 6.27. The van der Waals surface area contributed by atoms with Gasteiger partial charge in [0.15, 0.2) is 0 Å². The number of aryl methyl sites for hydroxylation is 1. The van der Waals surface area contributed by atoms with Crippen LogP contribution in [0.25, 0.3) is 0 Å². The second kappa shape index (κ2) is 6.38. The molecule has 0 amide bonds. The van der Waals surface area contributed by atoms with Gasteiger partial charge in [-0.25, -0.2) is 0 Å². The molecule has 1 unspecified atom stereocenters. The normalized spacial score (nSPS) is 19.1. The molecule has 0 spiro atoms. The maximum absolute atomic E-state index is 8.93. The lowest BCUT2D eigenvalue weighted by molar-refractivity contribution is 0.114. The zero-order chi connectivity index (χ0) is 13.8. The topological polar surface area (TPSA) is 30.3 Å². The first-order valence-corrected chi connectivity index (χ1v) is 7.09. The number of piperazine rings is 1. The maximum Gasteiger partial charge on any atom is 0.0950 e. The SMILES string of the molecule is Cc1ccc(CN2CCN(C(C)C#N)CC2)c(Cl)c1. The molecule has 3 nitrogen and oxygen atoms in total. The molecule has 0 saturated carbocycles. The van der Waals surface area contributed by atoms with Crippen LogP contribution in [0.5, 0.6) is 0 Å². The third kappa shape index (κ3) is 3.70. The van der Waals surface area contributed by atoms with Crippen molar-refractivity contribution in [2.45, 2.75) is 26.4 Å². The van der Waals surface area contributed by atoms with Crippen LogP contribution in [0, 0.1) is 18.3 Å². The molecule has 1 aromatic rings. The molecule has 19 heavy (non-hydrogen) atoms. The van der Waals surface area contributed by atoms with Gasteiger partial charge in [0.2, 0.25) is 0 Å². The van der Waals surface area contributed by atoms with Crippen LogP contribution in [-0.4, -0.2) is 42.0 Å². The Morgan fingerprint density at radius 2 is 2.00 bits per heavy atom. The first-order valence-electron chi connectivity index (χ1n) is 6.71. The van der Waals surface area contributed by atoms with Crippen molar-refractivity contribution in [3.63, 3.8) is 0 Å². The highest BCUT2D eigenvalue weighted by atomic mass is 35.5. The van der Waals surface area contributed by atoms with Gasteiger partial charge in [-0.05, 0) is 31.0 Å². The van der Waals surface area contributed by atoms with Crippen LogP contribution in [0.4, 0.5) is 0 Å². The summed E-state index contributed by atoms with van der Waals surface area (Å²) in [7, 11) is 0. The van der Waals surface area contributed by atoms with Gasteiger partial charge in [0.25, 0.3) is 0 Å². The predicted molar refractivity (Wildman–Crippen MR) is 78.1 cm³/mol. The molecule has 102 valence electrons. The van der Waals surface area contributed by atoms with Crippen LogP contribution >= 0.6 is 11.6 Å². The Morgan fingerprint density at radius 1 is 1.32 bits per heavy atom. The number of hydrogen-bond donors (Lipinski definition) is 0. The van der Waals surface area contributed by atoms with Crippen molar-refractivity contribution < 1.29 is 0 Å². The van der Waals surface area contributed by atoms with Crippen molar-refractivity contribution in [3.05, 3.63) is 34.3 Å². The van der Waals surface area contributed by atoms with E-state index in [1.807, 2.05) is 13.0 Å². The van der Waals surface area contributed by atoms with Crippen LogP contribution in [0.3, 0.4) is 0 Å². The molecule has 1 fully saturated rings. The summed E-state index contributed by atoms with van der Waals surface area (Å²) < 4.78 is 0. The van der Waals surface area contributed by atoms with Crippen LogP contribution < -0.4 is 0 Å². The lowest BCUT2D eigenvalue weighted by Crippen LogP contribution is -2.48. The second-order valence-corrected chi connectivity index (χ2v) is 5.62. The van der Waals surface area contributed by atoms with Gasteiger partial charge in [-0.3, -0.25) is 9.80 Å². The average molecular weight is 278 g/mol. The molecule has 0 radical (unpaired) electrons. The molecule has 0 N–H and O–H groups in total. The first kappa shape index (κ1) is 14.3. The number of nitrogens with zero attached hydrogens (tertiary/aromatic N) is 3. The van der Waals surface area contributed by atoms with Gasteiger partial charge in [0, 0.05) is 37.7 Å². The number of rotatable bonds is 3. The molecule has 0 aromatic heterocycles. The van der Waals surface area contributed by atoms with E-state index in [1.54, 1.807) is 0 Å². The number of nitriles is 1. The Hall–Kier alpha value is -1.08. The minimum atomic E-state index is 0.0186. The van der Waals surface area contributed by atoms with Gasteiger partial charge in [-0.1, -0.05) is 23.7 Å².